The maximum absolute atomic E-state index is 15.6. The second-order valence-electron chi connectivity index (χ2n) is 23.0. The highest BCUT2D eigenvalue weighted by Crippen LogP contribution is 2.77. The number of esters is 5. The summed E-state index contributed by atoms with van der Waals surface area (Å²) < 4.78 is 55.0. The first kappa shape index (κ1) is 52.5. The van der Waals surface area contributed by atoms with Gasteiger partial charge in [0.2, 0.25) is 11.6 Å². The quantitative estimate of drug-likeness (QED) is 0.169. The van der Waals surface area contributed by atoms with Crippen LogP contribution in [0.5, 0.6) is 0 Å². The molecule has 2 N–H and O–H groups in total. The molecule has 2 heterocycles. The number of carbonyl (C=O) groups is 8. The highest BCUT2D eigenvalue weighted by atomic mass is 19.1. The van der Waals surface area contributed by atoms with E-state index in [1.807, 2.05) is 32.1 Å². The number of allylic oxidation sites excluding steroid dienone is 5. The number of hydrogen-bond acceptors (Lipinski definition) is 17. The molecule has 10 aliphatic rings. The zero-order valence-electron chi connectivity index (χ0n) is 43.2. The lowest BCUT2D eigenvalue weighted by Crippen LogP contribution is -2.64. The number of ketones is 3. The van der Waals surface area contributed by atoms with E-state index in [9.17, 15) is 48.6 Å². The Hall–Kier alpha value is -5.95. The molecule has 0 radical (unpaired) electrons. The van der Waals surface area contributed by atoms with E-state index in [2.05, 4.69) is 13.0 Å². The molecule has 2 saturated heterocycles. The number of alkyl halides is 1. The fourth-order valence-electron chi connectivity index (χ4n) is 16.0. The Balaban J connectivity index is 0.000000174. The number of benzene rings is 1. The Morgan fingerprint density at radius 3 is 1.68 bits per heavy atom. The molecule has 2 spiro atoms. The van der Waals surface area contributed by atoms with Gasteiger partial charge in [0.1, 0.15) is 35.3 Å². The lowest BCUT2D eigenvalue weighted by Gasteiger charge is -2.55. The standard InChI is InChI=1S/C32H34O9.C25H29FO8/c1-18(33)38-17-25(35)31(37)26(39-19(2)34)15-24-23-11-10-21-14-22(40-28(36)20-8-6-5-7-9-20)12-13-29(21,3)32(23)27(41-32)16-30(24,31)4;1-12(27)32-11-19(30)24(31)20(33-13(2)28)9-15-16-8-18(26)17-7-14(29)5-6-22(17,3)25(16)21(34-25)10-23(15,24)4/h5-10,12-14,23-24,26-27,37H,11,15-17H2,1-4H3;5-7,15-16,18,20-21,31H,8-11H2,1-4H3/t23?,24?,26-,27+,29+,30+,31-,32-;15?,16?,18-,20+,21-,22-,23-,24+,25+/m10/s1. The molecule has 1 aromatic rings. The summed E-state index contributed by atoms with van der Waals surface area (Å²) in [6, 6.07) is 8.80. The molecule has 8 aliphatic carbocycles. The molecular formula is C57H63FO17. The van der Waals surface area contributed by atoms with Crippen molar-refractivity contribution in [3.63, 3.8) is 0 Å². The number of rotatable bonds is 10. The maximum atomic E-state index is 15.6. The second kappa shape index (κ2) is 17.5. The lowest BCUT2D eigenvalue weighted by molar-refractivity contribution is -0.187. The van der Waals surface area contributed by atoms with Crippen molar-refractivity contribution in [3.05, 3.63) is 95.3 Å². The Morgan fingerprint density at radius 2 is 1.16 bits per heavy atom. The van der Waals surface area contributed by atoms with Gasteiger partial charge in [0, 0.05) is 49.4 Å². The molecule has 18 heteroatoms. The number of hydrogen-bond donors (Lipinski definition) is 2. The van der Waals surface area contributed by atoms with Crippen molar-refractivity contribution < 1.29 is 86.1 Å². The minimum Gasteiger partial charge on any atom is -0.459 e. The van der Waals surface area contributed by atoms with Crippen LogP contribution in [0.2, 0.25) is 0 Å². The zero-order chi connectivity index (χ0) is 54.2. The maximum Gasteiger partial charge on any atom is 0.343 e. The average Bonchev–Trinajstić information content (AvgIpc) is 4.28. The number of epoxide rings is 2. The molecule has 11 rings (SSSR count). The molecule has 75 heavy (non-hydrogen) atoms. The first-order valence-corrected chi connectivity index (χ1v) is 25.6. The summed E-state index contributed by atoms with van der Waals surface area (Å²) in [4.78, 5) is 98.2. The summed E-state index contributed by atoms with van der Waals surface area (Å²) in [6.45, 7) is 11.1. The first-order chi connectivity index (χ1) is 35.2. The Bertz CT molecular complexity index is 2870. The summed E-state index contributed by atoms with van der Waals surface area (Å²) in [5.74, 6) is -5.36. The van der Waals surface area contributed by atoms with Crippen LogP contribution >= 0.6 is 0 Å². The fourth-order valence-corrected chi connectivity index (χ4v) is 16.0. The molecule has 7 fully saturated rings. The summed E-state index contributed by atoms with van der Waals surface area (Å²) in [7, 11) is 0. The van der Waals surface area contributed by atoms with Crippen LogP contribution in [0, 0.1) is 45.3 Å². The van der Waals surface area contributed by atoms with E-state index < -0.39 is 123 Å². The molecule has 2 aliphatic heterocycles. The molecule has 5 saturated carbocycles. The highest BCUT2D eigenvalue weighted by molar-refractivity contribution is 6.01. The number of Topliss-reactive ketones (excluding diaryl/α,β-unsaturated/α-hetero) is 2. The molecule has 0 amide bonds. The highest BCUT2D eigenvalue weighted by Gasteiger charge is 2.85. The van der Waals surface area contributed by atoms with Crippen molar-refractivity contribution >= 4 is 47.2 Å². The van der Waals surface area contributed by atoms with Gasteiger partial charge in [-0.05, 0) is 124 Å². The molecule has 400 valence electrons. The van der Waals surface area contributed by atoms with Crippen LogP contribution in [0.4, 0.5) is 4.39 Å². The topological polar surface area (TPSA) is 248 Å². The number of halogens is 1. The molecule has 4 unspecified atom stereocenters. The summed E-state index contributed by atoms with van der Waals surface area (Å²) in [5, 5.41) is 24.0. The van der Waals surface area contributed by atoms with Crippen LogP contribution < -0.4 is 0 Å². The van der Waals surface area contributed by atoms with Gasteiger partial charge >= 0.3 is 29.8 Å². The number of aliphatic hydroxyl groups is 2. The zero-order valence-corrected chi connectivity index (χ0v) is 43.2. The average molecular weight is 1040 g/mol. The van der Waals surface area contributed by atoms with Crippen LogP contribution in [0.3, 0.4) is 0 Å². The van der Waals surface area contributed by atoms with Gasteiger partial charge < -0.3 is 43.4 Å². The van der Waals surface area contributed by atoms with Crippen LogP contribution in [0.1, 0.15) is 104 Å². The van der Waals surface area contributed by atoms with Gasteiger partial charge in [-0.25, -0.2) is 9.18 Å². The molecule has 1 aromatic carbocycles. The molecule has 0 aromatic heterocycles. The van der Waals surface area contributed by atoms with Gasteiger partial charge in [0.05, 0.1) is 17.8 Å². The van der Waals surface area contributed by atoms with E-state index in [-0.39, 0.29) is 61.4 Å². The molecular weight excluding hydrogens is 976 g/mol. The van der Waals surface area contributed by atoms with Gasteiger partial charge in [-0.3, -0.25) is 33.6 Å². The largest absolute Gasteiger partial charge is 0.459 e. The number of ether oxygens (including phenoxy) is 7. The smallest absolute Gasteiger partial charge is 0.343 e. The van der Waals surface area contributed by atoms with Crippen LogP contribution in [0.15, 0.2) is 89.8 Å². The normalized spacial score (nSPS) is 43.4. The third-order valence-electron chi connectivity index (χ3n) is 19.5. The second-order valence-corrected chi connectivity index (χ2v) is 23.0. The lowest BCUT2D eigenvalue weighted by atomic mass is 9.46. The van der Waals surface area contributed by atoms with Gasteiger partial charge in [-0.15, -0.1) is 0 Å². The summed E-state index contributed by atoms with van der Waals surface area (Å²) in [6.07, 6.45) is 9.80. The Kier molecular flexibility index (Phi) is 12.3. The third kappa shape index (κ3) is 7.34. The minimum atomic E-state index is -2.13. The van der Waals surface area contributed by atoms with Crippen LogP contribution in [0.25, 0.3) is 0 Å². The molecule has 17 nitrogen and oxygen atoms in total. The van der Waals surface area contributed by atoms with Crippen LogP contribution in [-0.4, -0.2) is 124 Å². The Morgan fingerprint density at radius 1 is 0.653 bits per heavy atom. The van der Waals surface area contributed by atoms with Crippen molar-refractivity contribution in [2.75, 3.05) is 13.2 Å². The molecule has 0 bridgehead atoms. The van der Waals surface area contributed by atoms with Gasteiger partial charge in [0.25, 0.3) is 0 Å². The van der Waals surface area contributed by atoms with Crippen molar-refractivity contribution in [2.24, 2.45) is 45.3 Å². The SMILES string of the molecule is CC(=O)OCC(=O)[C@@]1(O)[C@H](OC(C)=O)CC2C3CC=C4C=C(OC(=O)c5ccccc5)C=C[C@]4(C)[C@@]34O[C@H]4C[C@@]21C.CC(=O)OCC(=O)[C@@]1(O)[C@H](OC(C)=O)CC2C3C[C@H](F)C4=CC(=O)C=C[C@]4(C)[C@@]34O[C@H]4C[C@@]21C. The third-order valence-corrected chi connectivity index (χ3v) is 19.5. The van der Waals surface area contributed by atoms with Gasteiger partial charge in [-0.1, -0.05) is 50.3 Å². The van der Waals surface area contributed by atoms with Gasteiger partial charge in [0.15, 0.2) is 30.2 Å². The number of carbonyl (C=O) groups excluding carboxylic acids is 8. The van der Waals surface area contributed by atoms with Crippen LogP contribution in [-0.2, 0) is 66.7 Å². The summed E-state index contributed by atoms with van der Waals surface area (Å²) >= 11 is 0. The first-order valence-electron chi connectivity index (χ1n) is 25.6. The monoisotopic (exact) mass is 1040 g/mol. The van der Waals surface area contributed by atoms with Crippen molar-refractivity contribution in [3.8, 4) is 0 Å². The number of fused-ring (bicyclic) bond motifs is 6. The van der Waals surface area contributed by atoms with Crippen molar-refractivity contribution in [1.82, 2.24) is 0 Å². The van der Waals surface area contributed by atoms with E-state index in [4.69, 9.17) is 33.2 Å². The van der Waals surface area contributed by atoms with Gasteiger partial charge in [-0.2, -0.15) is 0 Å². The fraction of sp³-hybridized carbons (Fsp3) is 0.579. The minimum absolute atomic E-state index is 0.0697. The summed E-state index contributed by atoms with van der Waals surface area (Å²) in [5.41, 5.74) is -7.14. The Labute approximate surface area is 432 Å². The molecule has 17 atom stereocenters. The predicted octanol–water partition coefficient (Wildman–Crippen LogP) is 5.39. The van der Waals surface area contributed by atoms with E-state index >= 15 is 4.39 Å². The van der Waals surface area contributed by atoms with E-state index in [0.717, 1.165) is 12.5 Å². The van der Waals surface area contributed by atoms with E-state index in [1.54, 1.807) is 43.3 Å². The van der Waals surface area contributed by atoms with E-state index in [1.165, 1.54) is 32.9 Å². The van der Waals surface area contributed by atoms with Crippen molar-refractivity contribution in [1.29, 1.82) is 0 Å². The van der Waals surface area contributed by atoms with E-state index in [0.29, 0.717) is 29.7 Å². The predicted molar refractivity (Wildman–Crippen MR) is 258 cm³/mol. The van der Waals surface area contributed by atoms with Crippen molar-refractivity contribution in [2.45, 2.75) is 147 Å².